The van der Waals surface area contributed by atoms with Gasteiger partial charge in [-0.05, 0) is 31.4 Å². The minimum absolute atomic E-state index is 0.0252. The summed E-state index contributed by atoms with van der Waals surface area (Å²) in [4.78, 5) is 29.1. The third-order valence-electron chi connectivity index (χ3n) is 4.93. The van der Waals surface area contributed by atoms with Gasteiger partial charge >= 0.3 is 11.9 Å². The lowest BCUT2D eigenvalue weighted by atomic mass is 9.88. The van der Waals surface area contributed by atoms with Crippen LogP contribution in [0.25, 0.3) is 0 Å². The van der Waals surface area contributed by atoms with E-state index < -0.39 is 30.4 Å². The zero-order chi connectivity index (χ0) is 21.9. The third-order valence-corrected chi connectivity index (χ3v) is 4.93. The molecule has 0 saturated carbocycles. The number of aliphatic imine (C=N–C) groups is 1. The molecule has 2 heterocycles. The van der Waals surface area contributed by atoms with Crippen molar-refractivity contribution in [3.05, 3.63) is 35.4 Å². The molecule has 1 aromatic rings. The molecule has 164 valence electrons. The number of nitrogens with zero attached hydrogens (tertiary/aromatic N) is 1. The van der Waals surface area contributed by atoms with E-state index >= 15 is 0 Å². The van der Waals surface area contributed by atoms with Crippen LogP contribution in [0.1, 0.15) is 52.0 Å². The molecule has 0 bridgehead atoms. The molecule has 0 aliphatic carbocycles. The quantitative estimate of drug-likeness (QED) is 0.655. The number of hydrogen-bond acceptors (Lipinski definition) is 8. The van der Waals surface area contributed by atoms with Crippen molar-refractivity contribution in [2.24, 2.45) is 10.4 Å². The van der Waals surface area contributed by atoms with Crippen molar-refractivity contribution < 1.29 is 33.3 Å². The SMILES string of the molecule is CCOC(=O)[C@@H]1OC(c2ccc(C3=N[C@@H](C(C)(C)C)CO3)cc2)O[C@H]1C(=O)OCC. The Hall–Kier alpha value is -2.45. The van der Waals surface area contributed by atoms with Gasteiger partial charge in [0.25, 0.3) is 0 Å². The molecule has 0 amide bonds. The van der Waals surface area contributed by atoms with E-state index in [1.165, 1.54) is 0 Å². The fraction of sp³-hybridized carbons (Fsp3) is 0.591. The monoisotopic (exact) mass is 419 g/mol. The third kappa shape index (κ3) is 4.82. The van der Waals surface area contributed by atoms with E-state index in [2.05, 4.69) is 25.8 Å². The molecule has 0 unspecified atom stereocenters. The number of carbonyl (C=O) groups is 2. The highest BCUT2D eigenvalue weighted by Crippen LogP contribution is 2.33. The Bertz CT molecular complexity index is 771. The van der Waals surface area contributed by atoms with Crippen molar-refractivity contribution in [2.45, 2.75) is 59.2 Å². The minimum Gasteiger partial charge on any atom is -0.475 e. The number of hydrogen-bond donors (Lipinski definition) is 0. The van der Waals surface area contributed by atoms with Gasteiger partial charge in [0.15, 0.2) is 18.5 Å². The van der Waals surface area contributed by atoms with Crippen LogP contribution in [-0.2, 0) is 33.3 Å². The number of carbonyl (C=O) groups excluding carboxylic acids is 2. The predicted octanol–water partition coefficient (Wildman–Crippen LogP) is 2.79. The Balaban J connectivity index is 1.74. The van der Waals surface area contributed by atoms with Gasteiger partial charge < -0.3 is 23.7 Å². The van der Waals surface area contributed by atoms with Crippen LogP contribution in [0, 0.1) is 5.41 Å². The first-order valence-electron chi connectivity index (χ1n) is 10.2. The van der Waals surface area contributed by atoms with E-state index in [1.54, 1.807) is 26.0 Å². The summed E-state index contributed by atoms with van der Waals surface area (Å²) in [5.41, 5.74) is 1.52. The normalized spacial score (nSPS) is 24.3. The summed E-state index contributed by atoms with van der Waals surface area (Å²) in [5.74, 6) is -0.711. The second-order valence-electron chi connectivity index (χ2n) is 8.20. The summed E-state index contributed by atoms with van der Waals surface area (Å²) in [7, 11) is 0. The molecule has 2 aliphatic heterocycles. The van der Waals surface area contributed by atoms with E-state index in [-0.39, 0.29) is 24.7 Å². The van der Waals surface area contributed by atoms with Crippen LogP contribution < -0.4 is 0 Å². The molecule has 0 aromatic heterocycles. The molecule has 1 fully saturated rings. The van der Waals surface area contributed by atoms with Gasteiger partial charge in [0.05, 0.1) is 19.3 Å². The zero-order valence-corrected chi connectivity index (χ0v) is 18.0. The van der Waals surface area contributed by atoms with Crippen LogP contribution in [-0.4, -0.2) is 55.9 Å². The molecule has 2 aliphatic rings. The summed E-state index contributed by atoms with van der Waals surface area (Å²) in [6.45, 7) is 10.7. The molecular weight excluding hydrogens is 390 g/mol. The Kier molecular flexibility index (Phi) is 6.77. The molecule has 3 atom stereocenters. The maximum Gasteiger partial charge on any atom is 0.338 e. The highest BCUT2D eigenvalue weighted by atomic mass is 16.8. The van der Waals surface area contributed by atoms with E-state index in [0.717, 1.165) is 5.56 Å². The van der Waals surface area contributed by atoms with Crippen LogP contribution >= 0.6 is 0 Å². The molecule has 0 radical (unpaired) electrons. The first-order chi connectivity index (χ1) is 14.2. The smallest absolute Gasteiger partial charge is 0.338 e. The fourth-order valence-electron chi connectivity index (χ4n) is 3.16. The van der Waals surface area contributed by atoms with E-state index in [4.69, 9.17) is 23.7 Å². The molecule has 0 spiro atoms. The summed E-state index contributed by atoms with van der Waals surface area (Å²) in [6, 6.07) is 7.40. The van der Waals surface area contributed by atoms with E-state index in [1.807, 2.05) is 12.1 Å². The van der Waals surface area contributed by atoms with Gasteiger partial charge in [-0.2, -0.15) is 0 Å². The average molecular weight is 419 g/mol. The number of ether oxygens (including phenoxy) is 5. The van der Waals surface area contributed by atoms with Crippen LogP contribution in [0.15, 0.2) is 29.3 Å². The Morgan fingerprint density at radius 3 is 1.97 bits per heavy atom. The maximum absolute atomic E-state index is 12.2. The largest absolute Gasteiger partial charge is 0.475 e. The van der Waals surface area contributed by atoms with Gasteiger partial charge in [-0.25, -0.2) is 14.6 Å². The number of rotatable bonds is 6. The van der Waals surface area contributed by atoms with Crippen molar-refractivity contribution in [1.29, 1.82) is 0 Å². The molecular formula is C22H29NO7. The standard InChI is InChI=1S/C22H29NO7/c1-6-26-19(24)16-17(20(25)27-7-2)30-21(29-16)14-10-8-13(9-11-14)18-23-15(12-28-18)22(3,4)5/h8-11,15-17,21H,6-7,12H2,1-5H3/t15-,16-,17-/m1/s1. The van der Waals surface area contributed by atoms with Crippen molar-refractivity contribution >= 4 is 17.8 Å². The average Bonchev–Trinajstić information content (AvgIpc) is 3.36. The Labute approximate surface area is 176 Å². The van der Waals surface area contributed by atoms with Crippen LogP contribution in [0.4, 0.5) is 0 Å². The molecule has 1 saturated heterocycles. The fourth-order valence-corrected chi connectivity index (χ4v) is 3.16. The lowest BCUT2D eigenvalue weighted by molar-refractivity contribution is -0.163. The topological polar surface area (TPSA) is 92.7 Å². The predicted molar refractivity (Wildman–Crippen MR) is 108 cm³/mol. The molecule has 1 aromatic carbocycles. The Morgan fingerprint density at radius 2 is 1.53 bits per heavy atom. The minimum atomic E-state index is -1.18. The van der Waals surface area contributed by atoms with Gasteiger partial charge in [0.2, 0.25) is 5.90 Å². The highest BCUT2D eigenvalue weighted by molar-refractivity contribution is 5.95. The number of esters is 2. The molecule has 8 heteroatoms. The van der Waals surface area contributed by atoms with Crippen molar-refractivity contribution in [2.75, 3.05) is 19.8 Å². The van der Waals surface area contributed by atoms with Crippen LogP contribution in [0.2, 0.25) is 0 Å². The highest BCUT2D eigenvalue weighted by Gasteiger charge is 2.47. The van der Waals surface area contributed by atoms with Gasteiger partial charge in [-0.1, -0.05) is 32.9 Å². The molecule has 3 rings (SSSR count). The van der Waals surface area contributed by atoms with E-state index in [9.17, 15) is 9.59 Å². The molecule has 0 N–H and O–H groups in total. The van der Waals surface area contributed by atoms with Gasteiger partial charge in [-0.15, -0.1) is 0 Å². The van der Waals surface area contributed by atoms with Crippen molar-refractivity contribution in [1.82, 2.24) is 0 Å². The summed E-state index contributed by atoms with van der Waals surface area (Å²) in [6.07, 6.45) is -3.25. The lowest BCUT2D eigenvalue weighted by Crippen LogP contribution is -2.39. The van der Waals surface area contributed by atoms with Crippen LogP contribution in [0.3, 0.4) is 0 Å². The maximum atomic E-state index is 12.2. The van der Waals surface area contributed by atoms with Crippen LogP contribution in [0.5, 0.6) is 0 Å². The van der Waals surface area contributed by atoms with Crippen molar-refractivity contribution in [3.8, 4) is 0 Å². The Morgan fingerprint density at radius 1 is 1.00 bits per heavy atom. The summed E-state index contributed by atoms with van der Waals surface area (Å²) in [5, 5.41) is 0. The first kappa shape index (κ1) is 22.2. The second kappa shape index (κ2) is 9.14. The summed E-state index contributed by atoms with van der Waals surface area (Å²) < 4.78 is 27.2. The molecule has 30 heavy (non-hydrogen) atoms. The lowest BCUT2D eigenvalue weighted by Gasteiger charge is -2.21. The second-order valence-corrected chi connectivity index (χ2v) is 8.20. The molecule has 8 nitrogen and oxygen atoms in total. The van der Waals surface area contributed by atoms with Gasteiger partial charge in [-0.3, -0.25) is 0 Å². The van der Waals surface area contributed by atoms with E-state index in [0.29, 0.717) is 18.1 Å². The summed E-state index contributed by atoms with van der Waals surface area (Å²) >= 11 is 0. The number of benzene rings is 1. The first-order valence-corrected chi connectivity index (χ1v) is 10.2. The van der Waals surface area contributed by atoms with Gasteiger partial charge in [0.1, 0.15) is 6.61 Å². The van der Waals surface area contributed by atoms with Crippen molar-refractivity contribution in [3.63, 3.8) is 0 Å². The van der Waals surface area contributed by atoms with Gasteiger partial charge in [0, 0.05) is 11.1 Å². The zero-order valence-electron chi connectivity index (χ0n) is 18.0.